The molecule has 3 rings (SSSR count). The standard InChI is InChI=1S/C15H22N4O2S/c1-3-16-15-17-13(14-19(15)8-9-22-14)11-6-5-7-18(11)12(20)10-21-4-2/h8-9,11H,3-7,10H2,1-2H3,(H,16,17). The SMILES string of the molecule is CCNc1nc(C2CCCN2C(=O)COCC)c2sccn12. The van der Waals surface area contributed by atoms with Crippen molar-refractivity contribution in [1.29, 1.82) is 0 Å². The first kappa shape index (κ1) is 15.3. The number of aromatic nitrogens is 2. The normalized spacial score (nSPS) is 18.3. The lowest BCUT2D eigenvalue weighted by molar-refractivity contribution is -0.137. The third-order valence-electron chi connectivity index (χ3n) is 3.94. The molecule has 1 saturated heterocycles. The Morgan fingerprint density at radius 1 is 1.55 bits per heavy atom. The number of amides is 1. The number of nitrogens with one attached hydrogen (secondary N) is 1. The first-order chi connectivity index (χ1) is 10.8. The van der Waals surface area contributed by atoms with E-state index in [0.29, 0.717) is 6.61 Å². The summed E-state index contributed by atoms with van der Waals surface area (Å²) >= 11 is 1.67. The van der Waals surface area contributed by atoms with Crippen molar-refractivity contribution in [1.82, 2.24) is 14.3 Å². The Balaban J connectivity index is 1.89. The number of imidazole rings is 1. The van der Waals surface area contributed by atoms with Crippen LogP contribution < -0.4 is 5.32 Å². The molecule has 2 aromatic rings. The molecule has 120 valence electrons. The van der Waals surface area contributed by atoms with Crippen LogP contribution in [-0.2, 0) is 9.53 Å². The van der Waals surface area contributed by atoms with E-state index in [4.69, 9.17) is 9.72 Å². The molecule has 0 bridgehead atoms. The summed E-state index contributed by atoms with van der Waals surface area (Å²) < 4.78 is 7.36. The van der Waals surface area contributed by atoms with Crippen LogP contribution in [0.5, 0.6) is 0 Å². The average molecular weight is 322 g/mol. The number of hydrogen-bond acceptors (Lipinski definition) is 5. The molecule has 1 amide bonds. The van der Waals surface area contributed by atoms with Gasteiger partial charge in [-0.3, -0.25) is 9.20 Å². The molecule has 0 aliphatic carbocycles. The van der Waals surface area contributed by atoms with Crippen molar-refractivity contribution in [2.24, 2.45) is 0 Å². The van der Waals surface area contributed by atoms with Gasteiger partial charge in [0, 0.05) is 31.3 Å². The van der Waals surface area contributed by atoms with E-state index in [0.717, 1.165) is 42.4 Å². The second-order valence-electron chi connectivity index (χ2n) is 5.31. The Morgan fingerprint density at radius 2 is 2.41 bits per heavy atom. The summed E-state index contributed by atoms with van der Waals surface area (Å²) in [5, 5.41) is 5.35. The summed E-state index contributed by atoms with van der Waals surface area (Å²) in [6, 6.07) is 0.0639. The van der Waals surface area contributed by atoms with Crippen molar-refractivity contribution in [3.8, 4) is 0 Å². The molecular weight excluding hydrogens is 300 g/mol. The number of hydrogen-bond donors (Lipinski definition) is 1. The zero-order valence-electron chi connectivity index (χ0n) is 13.0. The first-order valence-corrected chi connectivity index (χ1v) is 8.70. The van der Waals surface area contributed by atoms with Crippen LogP contribution in [0.1, 0.15) is 38.4 Å². The Morgan fingerprint density at radius 3 is 3.18 bits per heavy atom. The summed E-state index contributed by atoms with van der Waals surface area (Å²) in [7, 11) is 0. The first-order valence-electron chi connectivity index (χ1n) is 7.82. The highest BCUT2D eigenvalue weighted by atomic mass is 32.1. The number of rotatable bonds is 6. The monoisotopic (exact) mass is 322 g/mol. The van der Waals surface area contributed by atoms with Crippen LogP contribution >= 0.6 is 11.3 Å². The molecule has 0 radical (unpaired) electrons. The number of likely N-dealkylation sites (tertiary alicyclic amines) is 1. The minimum absolute atomic E-state index is 0.0621. The molecule has 1 unspecified atom stereocenters. The van der Waals surface area contributed by atoms with Gasteiger partial charge < -0.3 is 15.0 Å². The molecule has 0 aromatic carbocycles. The molecule has 7 heteroatoms. The highest BCUT2D eigenvalue weighted by molar-refractivity contribution is 7.15. The molecular formula is C15H22N4O2S. The fraction of sp³-hybridized carbons (Fsp3) is 0.600. The maximum atomic E-state index is 12.3. The summed E-state index contributed by atoms with van der Waals surface area (Å²) in [4.78, 5) is 20.2. The Kier molecular flexibility index (Phi) is 4.63. The van der Waals surface area contributed by atoms with Crippen LogP contribution in [0.2, 0.25) is 0 Å². The molecule has 1 aliphatic rings. The van der Waals surface area contributed by atoms with Gasteiger partial charge in [0.05, 0.1) is 6.04 Å². The largest absolute Gasteiger partial charge is 0.372 e. The third kappa shape index (κ3) is 2.70. The molecule has 0 saturated carbocycles. The second-order valence-corrected chi connectivity index (χ2v) is 6.21. The average Bonchev–Trinajstić information content (AvgIpc) is 3.21. The second kappa shape index (κ2) is 6.66. The topological polar surface area (TPSA) is 58.9 Å². The molecule has 3 heterocycles. The van der Waals surface area contributed by atoms with Gasteiger partial charge in [-0.2, -0.15) is 0 Å². The van der Waals surface area contributed by atoms with Crippen LogP contribution in [0.15, 0.2) is 11.6 Å². The van der Waals surface area contributed by atoms with E-state index in [2.05, 4.69) is 22.0 Å². The van der Waals surface area contributed by atoms with Gasteiger partial charge in [-0.05, 0) is 26.7 Å². The van der Waals surface area contributed by atoms with Crippen molar-refractivity contribution in [2.75, 3.05) is 31.6 Å². The lowest BCUT2D eigenvalue weighted by Crippen LogP contribution is -2.33. The van der Waals surface area contributed by atoms with Crippen molar-refractivity contribution in [3.63, 3.8) is 0 Å². The van der Waals surface area contributed by atoms with Gasteiger partial charge in [-0.1, -0.05) is 0 Å². The Bertz CT molecular complexity index is 651. The zero-order valence-corrected chi connectivity index (χ0v) is 13.9. The van der Waals surface area contributed by atoms with Gasteiger partial charge in [0.15, 0.2) is 0 Å². The molecule has 2 aromatic heterocycles. The number of anilines is 1. The van der Waals surface area contributed by atoms with E-state index >= 15 is 0 Å². The molecule has 1 fully saturated rings. The number of carbonyl (C=O) groups is 1. The zero-order chi connectivity index (χ0) is 15.5. The van der Waals surface area contributed by atoms with Gasteiger partial charge in [-0.25, -0.2) is 4.98 Å². The van der Waals surface area contributed by atoms with E-state index in [1.807, 2.05) is 18.0 Å². The quantitative estimate of drug-likeness (QED) is 0.888. The maximum Gasteiger partial charge on any atom is 0.249 e. The molecule has 1 atom stereocenters. The van der Waals surface area contributed by atoms with E-state index in [-0.39, 0.29) is 18.6 Å². The van der Waals surface area contributed by atoms with E-state index in [1.54, 1.807) is 11.3 Å². The van der Waals surface area contributed by atoms with Crippen molar-refractivity contribution in [2.45, 2.75) is 32.7 Å². The van der Waals surface area contributed by atoms with E-state index < -0.39 is 0 Å². The maximum absolute atomic E-state index is 12.3. The Hall–Kier alpha value is -1.60. The minimum Gasteiger partial charge on any atom is -0.372 e. The molecule has 22 heavy (non-hydrogen) atoms. The number of ether oxygens (including phenoxy) is 1. The predicted molar refractivity (Wildman–Crippen MR) is 87.4 cm³/mol. The summed E-state index contributed by atoms with van der Waals surface area (Å²) in [6.45, 7) is 6.30. The number of nitrogens with zero attached hydrogens (tertiary/aromatic N) is 3. The van der Waals surface area contributed by atoms with Crippen LogP contribution in [0.4, 0.5) is 5.95 Å². The number of fused-ring (bicyclic) bond motifs is 1. The molecule has 0 spiro atoms. The highest BCUT2D eigenvalue weighted by Gasteiger charge is 2.33. The fourth-order valence-corrected chi connectivity index (χ4v) is 3.84. The molecule has 6 nitrogen and oxygen atoms in total. The lowest BCUT2D eigenvalue weighted by atomic mass is 10.1. The highest BCUT2D eigenvalue weighted by Crippen LogP contribution is 2.36. The number of carbonyl (C=O) groups excluding carboxylic acids is 1. The van der Waals surface area contributed by atoms with Gasteiger partial charge >= 0.3 is 0 Å². The minimum atomic E-state index is 0.0621. The summed E-state index contributed by atoms with van der Waals surface area (Å²) in [5.41, 5.74) is 1.01. The van der Waals surface area contributed by atoms with Gasteiger partial charge in [-0.15, -0.1) is 11.3 Å². The van der Waals surface area contributed by atoms with Crippen molar-refractivity contribution < 1.29 is 9.53 Å². The fourth-order valence-electron chi connectivity index (χ4n) is 2.97. The number of thiazole rings is 1. The van der Waals surface area contributed by atoms with Gasteiger partial charge in [0.1, 0.15) is 17.1 Å². The lowest BCUT2D eigenvalue weighted by Gasteiger charge is -2.23. The van der Waals surface area contributed by atoms with Crippen molar-refractivity contribution >= 4 is 28.0 Å². The van der Waals surface area contributed by atoms with Crippen LogP contribution in [-0.4, -0.2) is 46.5 Å². The third-order valence-corrected chi connectivity index (χ3v) is 4.82. The van der Waals surface area contributed by atoms with E-state index in [1.165, 1.54) is 0 Å². The summed E-state index contributed by atoms with van der Waals surface area (Å²) in [6.07, 6.45) is 4.01. The molecule has 1 N–H and O–H groups in total. The predicted octanol–water partition coefficient (Wildman–Crippen LogP) is 2.53. The van der Waals surface area contributed by atoms with Gasteiger partial charge in [0.2, 0.25) is 11.9 Å². The van der Waals surface area contributed by atoms with Crippen LogP contribution in [0.25, 0.3) is 4.83 Å². The van der Waals surface area contributed by atoms with Crippen molar-refractivity contribution in [3.05, 3.63) is 17.3 Å². The Labute approximate surface area is 134 Å². The van der Waals surface area contributed by atoms with Crippen LogP contribution in [0, 0.1) is 0 Å². The van der Waals surface area contributed by atoms with E-state index in [9.17, 15) is 4.79 Å². The van der Waals surface area contributed by atoms with Crippen LogP contribution in [0.3, 0.4) is 0 Å². The van der Waals surface area contributed by atoms with Gasteiger partial charge in [0.25, 0.3) is 0 Å². The molecule has 1 aliphatic heterocycles. The summed E-state index contributed by atoms with van der Waals surface area (Å²) in [5.74, 6) is 0.921. The smallest absolute Gasteiger partial charge is 0.249 e.